The molecular weight excluding hydrogens is 136 g/mol. The summed E-state index contributed by atoms with van der Waals surface area (Å²) >= 11 is 0. The van der Waals surface area contributed by atoms with Crippen molar-refractivity contribution in [3.05, 3.63) is 0 Å². The standard InChI is InChI=1S/C6H12N2.ClH/c1-3-7-5-6(1)2-4-8-6;/h7-8H,1-5H2;1H. The number of nitrogens with one attached hydrogen (secondary N) is 2. The molecule has 2 aliphatic heterocycles. The normalized spacial score (nSPS) is 40.0. The van der Waals surface area contributed by atoms with Crippen molar-refractivity contribution in [1.29, 1.82) is 0 Å². The third-order valence-electron chi connectivity index (χ3n) is 2.35. The Morgan fingerprint density at radius 1 is 1.11 bits per heavy atom. The van der Waals surface area contributed by atoms with Crippen molar-refractivity contribution in [2.75, 3.05) is 19.6 Å². The SMILES string of the molecule is C1CC2(CCN2)CN1.Cl. The Bertz CT molecular complexity index is 93.2. The van der Waals surface area contributed by atoms with Crippen molar-refractivity contribution in [1.82, 2.24) is 10.6 Å². The summed E-state index contributed by atoms with van der Waals surface area (Å²) in [5.74, 6) is 0. The van der Waals surface area contributed by atoms with Crippen LogP contribution in [0.4, 0.5) is 0 Å². The molecule has 3 heteroatoms. The molecule has 9 heavy (non-hydrogen) atoms. The molecule has 54 valence electrons. The van der Waals surface area contributed by atoms with Gasteiger partial charge >= 0.3 is 0 Å². The van der Waals surface area contributed by atoms with Crippen LogP contribution in [0.5, 0.6) is 0 Å². The van der Waals surface area contributed by atoms with E-state index in [4.69, 9.17) is 0 Å². The Balaban J connectivity index is 0.000000405. The van der Waals surface area contributed by atoms with E-state index in [0.717, 1.165) is 0 Å². The van der Waals surface area contributed by atoms with E-state index in [1.807, 2.05) is 0 Å². The largest absolute Gasteiger partial charge is 0.315 e. The van der Waals surface area contributed by atoms with Gasteiger partial charge in [-0.3, -0.25) is 0 Å². The van der Waals surface area contributed by atoms with E-state index >= 15 is 0 Å². The third-order valence-corrected chi connectivity index (χ3v) is 2.35. The Hall–Kier alpha value is 0.210. The minimum atomic E-state index is 0. The van der Waals surface area contributed by atoms with Gasteiger partial charge in [0, 0.05) is 12.1 Å². The number of hydrogen-bond donors (Lipinski definition) is 2. The molecule has 0 amide bonds. The predicted molar refractivity (Wildman–Crippen MR) is 40.1 cm³/mol. The van der Waals surface area contributed by atoms with E-state index < -0.39 is 0 Å². The molecule has 0 radical (unpaired) electrons. The molecule has 1 unspecified atom stereocenters. The Morgan fingerprint density at radius 2 is 1.89 bits per heavy atom. The van der Waals surface area contributed by atoms with Gasteiger partial charge in [-0.05, 0) is 25.9 Å². The lowest BCUT2D eigenvalue weighted by atomic mass is 9.87. The molecule has 0 bridgehead atoms. The fraction of sp³-hybridized carbons (Fsp3) is 1.00. The summed E-state index contributed by atoms with van der Waals surface area (Å²) < 4.78 is 0. The van der Waals surface area contributed by atoms with Crippen LogP contribution in [-0.2, 0) is 0 Å². The number of rotatable bonds is 0. The Kier molecular flexibility index (Phi) is 1.99. The molecule has 2 N–H and O–H groups in total. The average Bonchev–Trinajstić information content (AvgIpc) is 2.07. The van der Waals surface area contributed by atoms with E-state index in [9.17, 15) is 0 Å². The highest BCUT2D eigenvalue weighted by Crippen LogP contribution is 2.24. The van der Waals surface area contributed by atoms with Crippen LogP contribution in [0.3, 0.4) is 0 Å². The van der Waals surface area contributed by atoms with Crippen LogP contribution in [0.1, 0.15) is 12.8 Å². The number of hydrogen-bond acceptors (Lipinski definition) is 2. The summed E-state index contributed by atoms with van der Waals surface area (Å²) in [5.41, 5.74) is 0.556. The molecule has 2 saturated heterocycles. The molecule has 0 aromatic rings. The predicted octanol–water partition coefficient (Wildman–Crippen LogP) is 0.134. The van der Waals surface area contributed by atoms with Gasteiger partial charge < -0.3 is 10.6 Å². The lowest BCUT2D eigenvalue weighted by Gasteiger charge is -2.39. The topological polar surface area (TPSA) is 24.1 Å². The van der Waals surface area contributed by atoms with Crippen molar-refractivity contribution in [3.8, 4) is 0 Å². The van der Waals surface area contributed by atoms with Gasteiger partial charge in [-0.1, -0.05) is 0 Å². The smallest absolute Gasteiger partial charge is 0.0330 e. The van der Waals surface area contributed by atoms with E-state index in [-0.39, 0.29) is 12.4 Å². The molecule has 0 aromatic heterocycles. The summed E-state index contributed by atoms with van der Waals surface area (Å²) in [6, 6.07) is 0. The van der Waals surface area contributed by atoms with Gasteiger partial charge in [-0.25, -0.2) is 0 Å². The molecular formula is C6H13ClN2. The maximum absolute atomic E-state index is 3.46. The highest BCUT2D eigenvalue weighted by Gasteiger charge is 2.38. The molecule has 1 spiro atoms. The van der Waals surface area contributed by atoms with Crippen LogP contribution in [0, 0.1) is 0 Å². The fourth-order valence-corrected chi connectivity index (χ4v) is 1.59. The van der Waals surface area contributed by atoms with E-state index in [1.165, 1.54) is 32.5 Å². The second-order valence-electron chi connectivity index (χ2n) is 2.88. The molecule has 2 aliphatic rings. The highest BCUT2D eigenvalue weighted by molar-refractivity contribution is 5.85. The zero-order valence-corrected chi connectivity index (χ0v) is 6.26. The maximum Gasteiger partial charge on any atom is 0.0330 e. The monoisotopic (exact) mass is 148 g/mol. The lowest BCUT2D eigenvalue weighted by Crippen LogP contribution is -2.58. The van der Waals surface area contributed by atoms with Crippen LogP contribution < -0.4 is 10.6 Å². The van der Waals surface area contributed by atoms with Gasteiger partial charge in [-0.15, -0.1) is 12.4 Å². The molecule has 2 heterocycles. The molecule has 1 atom stereocenters. The third kappa shape index (κ3) is 1.07. The lowest BCUT2D eigenvalue weighted by molar-refractivity contribution is 0.233. The first-order valence-electron chi connectivity index (χ1n) is 3.37. The van der Waals surface area contributed by atoms with Crippen molar-refractivity contribution < 1.29 is 0 Å². The zero-order chi connectivity index (χ0) is 5.45. The van der Waals surface area contributed by atoms with Crippen molar-refractivity contribution in [3.63, 3.8) is 0 Å². The second kappa shape index (κ2) is 2.45. The second-order valence-corrected chi connectivity index (χ2v) is 2.88. The highest BCUT2D eigenvalue weighted by atomic mass is 35.5. The summed E-state index contributed by atoms with van der Waals surface area (Å²) in [6.45, 7) is 3.65. The van der Waals surface area contributed by atoms with Crippen LogP contribution in [0.25, 0.3) is 0 Å². The number of halogens is 1. The van der Waals surface area contributed by atoms with Crippen LogP contribution in [0.15, 0.2) is 0 Å². The van der Waals surface area contributed by atoms with Gasteiger partial charge in [0.2, 0.25) is 0 Å². The van der Waals surface area contributed by atoms with E-state index in [0.29, 0.717) is 5.54 Å². The fourth-order valence-electron chi connectivity index (χ4n) is 1.59. The Morgan fingerprint density at radius 3 is 2.11 bits per heavy atom. The quantitative estimate of drug-likeness (QED) is 0.511. The Labute approximate surface area is 61.8 Å². The molecule has 0 aliphatic carbocycles. The van der Waals surface area contributed by atoms with Crippen LogP contribution in [-0.4, -0.2) is 25.2 Å². The molecule has 2 fully saturated rings. The summed E-state index contributed by atoms with van der Waals surface area (Å²) in [4.78, 5) is 0. The van der Waals surface area contributed by atoms with Crippen molar-refractivity contribution in [2.45, 2.75) is 18.4 Å². The van der Waals surface area contributed by atoms with Gasteiger partial charge in [-0.2, -0.15) is 0 Å². The molecule has 2 nitrogen and oxygen atoms in total. The first-order valence-corrected chi connectivity index (χ1v) is 3.37. The van der Waals surface area contributed by atoms with Crippen molar-refractivity contribution in [2.24, 2.45) is 0 Å². The molecule has 0 saturated carbocycles. The summed E-state index contributed by atoms with van der Waals surface area (Å²) in [7, 11) is 0. The van der Waals surface area contributed by atoms with Gasteiger partial charge in [0.05, 0.1) is 0 Å². The zero-order valence-electron chi connectivity index (χ0n) is 5.44. The van der Waals surface area contributed by atoms with Gasteiger partial charge in [0.25, 0.3) is 0 Å². The van der Waals surface area contributed by atoms with Crippen LogP contribution in [0.2, 0.25) is 0 Å². The first-order chi connectivity index (χ1) is 3.91. The van der Waals surface area contributed by atoms with E-state index in [1.54, 1.807) is 0 Å². The summed E-state index contributed by atoms with van der Waals surface area (Å²) in [6.07, 6.45) is 2.73. The summed E-state index contributed by atoms with van der Waals surface area (Å²) in [5, 5.41) is 6.81. The molecule has 0 aromatic carbocycles. The first kappa shape index (κ1) is 7.32. The van der Waals surface area contributed by atoms with Crippen LogP contribution >= 0.6 is 12.4 Å². The minimum absolute atomic E-state index is 0. The van der Waals surface area contributed by atoms with E-state index in [2.05, 4.69) is 10.6 Å². The molecule has 2 rings (SSSR count). The van der Waals surface area contributed by atoms with Crippen molar-refractivity contribution >= 4 is 12.4 Å². The van der Waals surface area contributed by atoms with Gasteiger partial charge in [0.1, 0.15) is 0 Å². The van der Waals surface area contributed by atoms with Gasteiger partial charge in [0.15, 0.2) is 0 Å². The maximum atomic E-state index is 3.46. The average molecular weight is 149 g/mol. The minimum Gasteiger partial charge on any atom is -0.315 e.